The van der Waals surface area contributed by atoms with Gasteiger partial charge < -0.3 is 19.9 Å². The summed E-state index contributed by atoms with van der Waals surface area (Å²) in [5, 5.41) is 11.3. The van der Waals surface area contributed by atoms with Gasteiger partial charge in [-0.2, -0.15) is 0 Å². The molecule has 20 heavy (non-hydrogen) atoms. The average Bonchev–Trinajstić information content (AvgIpc) is 2.91. The van der Waals surface area contributed by atoms with E-state index < -0.39 is 5.97 Å². The Morgan fingerprint density at radius 1 is 1.25 bits per heavy atom. The van der Waals surface area contributed by atoms with Crippen molar-refractivity contribution in [3.05, 3.63) is 0 Å². The minimum Gasteiger partial charge on any atom is -0.481 e. The predicted octanol–water partition coefficient (Wildman–Crippen LogP) is 1.33. The number of ether oxygens (including phenoxy) is 2. The third kappa shape index (κ3) is 8.87. The van der Waals surface area contributed by atoms with Gasteiger partial charge in [0.15, 0.2) is 0 Å². The minimum absolute atomic E-state index is 0.0190. The molecule has 1 rings (SSSR count). The molecule has 116 valence electrons. The summed E-state index contributed by atoms with van der Waals surface area (Å²) < 4.78 is 10.9. The number of hydrogen-bond donors (Lipinski definition) is 2. The molecule has 2 N–H and O–H groups in total. The molecule has 0 aliphatic carbocycles. The van der Waals surface area contributed by atoms with Gasteiger partial charge in [0.1, 0.15) is 0 Å². The lowest BCUT2D eigenvalue weighted by atomic mass is 10.2. The van der Waals surface area contributed by atoms with E-state index in [1.54, 1.807) is 0 Å². The molecule has 1 unspecified atom stereocenters. The molecule has 1 fully saturated rings. The van der Waals surface area contributed by atoms with Crippen LogP contribution in [0.4, 0.5) is 0 Å². The number of rotatable bonds is 11. The Morgan fingerprint density at radius 2 is 2.05 bits per heavy atom. The maximum absolute atomic E-state index is 11.4. The summed E-state index contributed by atoms with van der Waals surface area (Å²) in [6.45, 7) is 2.71. The molecule has 0 aromatic carbocycles. The van der Waals surface area contributed by atoms with E-state index in [9.17, 15) is 9.59 Å². The van der Waals surface area contributed by atoms with Crippen molar-refractivity contribution in [3.8, 4) is 0 Å². The number of nitrogens with one attached hydrogen (secondary N) is 1. The van der Waals surface area contributed by atoms with E-state index in [1.165, 1.54) is 0 Å². The van der Waals surface area contributed by atoms with Gasteiger partial charge in [-0.1, -0.05) is 0 Å². The highest BCUT2D eigenvalue weighted by Crippen LogP contribution is 2.11. The standard InChI is InChI=1S/C14H25NO5/c16-13(6-1-2-7-14(17)18)15-8-4-9-19-11-12-5-3-10-20-12/h12H,1-11H2,(H,15,16)(H,17,18). The Balaban J connectivity index is 1.82. The van der Waals surface area contributed by atoms with Crippen LogP contribution in [0.2, 0.25) is 0 Å². The zero-order valence-corrected chi connectivity index (χ0v) is 11.9. The monoisotopic (exact) mass is 287 g/mol. The van der Waals surface area contributed by atoms with Crippen LogP contribution >= 0.6 is 0 Å². The highest BCUT2D eigenvalue weighted by Gasteiger charge is 2.14. The van der Waals surface area contributed by atoms with Crippen molar-refractivity contribution in [1.82, 2.24) is 5.32 Å². The first-order valence-electron chi connectivity index (χ1n) is 7.36. The second-order valence-electron chi connectivity index (χ2n) is 5.01. The molecule has 6 heteroatoms. The Labute approximate surface area is 119 Å². The summed E-state index contributed by atoms with van der Waals surface area (Å²) in [5.74, 6) is -0.830. The van der Waals surface area contributed by atoms with E-state index in [-0.39, 0.29) is 18.4 Å². The number of carboxylic acid groups (broad SMARTS) is 1. The molecule has 0 radical (unpaired) electrons. The van der Waals surface area contributed by atoms with Crippen molar-refractivity contribution in [2.45, 2.75) is 51.0 Å². The van der Waals surface area contributed by atoms with E-state index in [1.807, 2.05) is 0 Å². The minimum atomic E-state index is -0.811. The molecule has 0 spiro atoms. The SMILES string of the molecule is O=C(O)CCCCC(=O)NCCCOCC1CCCO1. The first-order valence-corrected chi connectivity index (χ1v) is 7.36. The second kappa shape index (κ2) is 10.6. The van der Waals surface area contributed by atoms with Gasteiger partial charge in [-0.05, 0) is 32.1 Å². The third-order valence-electron chi connectivity index (χ3n) is 3.16. The van der Waals surface area contributed by atoms with Crippen LogP contribution in [0, 0.1) is 0 Å². The number of aliphatic carboxylic acids is 1. The highest BCUT2D eigenvalue weighted by molar-refractivity contribution is 5.75. The third-order valence-corrected chi connectivity index (χ3v) is 3.16. The van der Waals surface area contributed by atoms with Gasteiger partial charge >= 0.3 is 5.97 Å². The molecular formula is C14H25NO5. The van der Waals surface area contributed by atoms with Crippen LogP contribution in [0.25, 0.3) is 0 Å². The quantitative estimate of drug-likeness (QED) is 0.560. The number of unbranched alkanes of at least 4 members (excludes halogenated alkanes) is 1. The molecular weight excluding hydrogens is 262 g/mol. The van der Waals surface area contributed by atoms with Crippen molar-refractivity contribution in [2.75, 3.05) is 26.4 Å². The maximum atomic E-state index is 11.4. The molecule has 1 heterocycles. The number of hydrogen-bond acceptors (Lipinski definition) is 4. The zero-order chi connectivity index (χ0) is 14.6. The summed E-state index contributed by atoms with van der Waals surface area (Å²) in [5.41, 5.74) is 0. The van der Waals surface area contributed by atoms with E-state index in [4.69, 9.17) is 14.6 Å². The van der Waals surface area contributed by atoms with Gasteiger partial charge in [0.2, 0.25) is 5.91 Å². The zero-order valence-electron chi connectivity index (χ0n) is 11.9. The van der Waals surface area contributed by atoms with Crippen LogP contribution in [0.3, 0.4) is 0 Å². The maximum Gasteiger partial charge on any atom is 0.303 e. The lowest BCUT2D eigenvalue weighted by Gasteiger charge is -2.10. The summed E-state index contributed by atoms with van der Waals surface area (Å²) in [7, 11) is 0. The van der Waals surface area contributed by atoms with Gasteiger partial charge in [0.05, 0.1) is 12.7 Å². The fourth-order valence-corrected chi connectivity index (χ4v) is 2.04. The Morgan fingerprint density at radius 3 is 2.75 bits per heavy atom. The molecule has 0 aromatic rings. The van der Waals surface area contributed by atoms with Crippen LogP contribution in [0.1, 0.15) is 44.9 Å². The van der Waals surface area contributed by atoms with Crippen molar-refractivity contribution < 1.29 is 24.2 Å². The largest absolute Gasteiger partial charge is 0.481 e. The topological polar surface area (TPSA) is 84.9 Å². The molecule has 1 amide bonds. The molecule has 1 atom stereocenters. The number of carbonyl (C=O) groups is 2. The summed E-state index contributed by atoms with van der Waals surface area (Å²) >= 11 is 0. The number of carboxylic acids is 1. The lowest BCUT2D eigenvalue weighted by Crippen LogP contribution is -2.25. The van der Waals surface area contributed by atoms with Crippen LogP contribution in [-0.2, 0) is 19.1 Å². The van der Waals surface area contributed by atoms with Gasteiger partial charge in [-0.25, -0.2) is 0 Å². The number of amides is 1. The van der Waals surface area contributed by atoms with Gasteiger partial charge in [-0.15, -0.1) is 0 Å². The van der Waals surface area contributed by atoms with E-state index in [0.717, 1.165) is 25.9 Å². The van der Waals surface area contributed by atoms with Gasteiger partial charge in [0.25, 0.3) is 0 Å². The normalized spacial score (nSPS) is 18.1. The van der Waals surface area contributed by atoms with Crippen molar-refractivity contribution >= 4 is 11.9 Å². The van der Waals surface area contributed by atoms with Crippen molar-refractivity contribution in [2.24, 2.45) is 0 Å². The van der Waals surface area contributed by atoms with Crippen molar-refractivity contribution in [3.63, 3.8) is 0 Å². The fourth-order valence-electron chi connectivity index (χ4n) is 2.04. The van der Waals surface area contributed by atoms with Gasteiger partial charge in [0, 0.05) is 32.6 Å². The Bertz CT molecular complexity index is 289. The second-order valence-corrected chi connectivity index (χ2v) is 5.01. The fraction of sp³-hybridized carbons (Fsp3) is 0.857. The summed E-state index contributed by atoms with van der Waals surface area (Å²) in [6.07, 6.45) is 4.92. The highest BCUT2D eigenvalue weighted by atomic mass is 16.5. The Kier molecular flexibility index (Phi) is 8.98. The van der Waals surface area contributed by atoms with Crippen LogP contribution in [-0.4, -0.2) is 49.5 Å². The summed E-state index contributed by atoms with van der Waals surface area (Å²) in [4.78, 5) is 21.7. The molecule has 0 bridgehead atoms. The molecule has 6 nitrogen and oxygen atoms in total. The molecule has 1 saturated heterocycles. The lowest BCUT2D eigenvalue weighted by molar-refractivity contribution is -0.137. The van der Waals surface area contributed by atoms with E-state index in [0.29, 0.717) is 39.0 Å². The van der Waals surface area contributed by atoms with Crippen LogP contribution in [0.5, 0.6) is 0 Å². The molecule has 1 aliphatic heterocycles. The van der Waals surface area contributed by atoms with Crippen LogP contribution < -0.4 is 5.32 Å². The Hall–Kier alpha value is -1.14. The molecule has 1 aliphatic rings. The first kappa shape index (κ1) is 16.9. The average molecular weight is 287 g/mol. The molecule has 0 aromatic heterocycles. The van der Waals surface area contributed by atoms with Crippen molar-refractivity contribution in [1.29, 1.82) is 0 Å². The predicted molar refractivity (Wildman–Crippen MR) is 73.5 cm³/mol. The van der Waals surface area contributed by atoms with E-state index >= 15 is 0 Å². The smallest absolute Gasteiger partial charge is 0.303 e. The van der Waals surface area contributed by atoms with Crippen LogP contribution in [0.15, 0.2) is 0 Å². The first-order chi connectivity index (χ1) is 9.68. The van der Waals surface area contributed by atoms with Gasteiger partial charge in [-0.3, -0.25) is 9.59 Å². The molecule has 0 saturated carbocycles. The van der Waals surface area contributed by atoms with E-state index in [2.05, 4.69) is 5.32 Å². The number of carbonyl (C=O) groups excluding carboxylic acids is 1. The summed E-state index contributed by atoms with van der Waals surface area (Å²) in [6, 6.07) is 0.